The summed E-state index contributed by atoms with van der Waals surface area (Å²) in [6.45, 7) is -0.492. The Morgan fingerprint density at radius 1 is 1.19 bits per heavy atom. The third kappa shape index (κ3) is 5.48. The zero-order valence-electron chi connectivity index (χ0n) is 10.5. The van der Waals surface area contributed by atoms with Gasteiger partial charge in [-0.2, -0.15) is 26.3 Å². The predicted octanol–water partition coefficient (Wildman–Crippen LogP) is 3.11. The highest BCUT2D eigenvalue weighted by Crippen LogP contribution is 2.30. The molecule has 0 spiro atoms. The van der Waals surface area contributed by atoms with Crippen molar-refractivity contribution in [3.8, 4) is 5.88 Å². The van der Waals surface area contributed by atoms with Crippen LogP contribution in [0.25, 0.3) is 0 Å². The first-order valence-electron chi connectivity index (χ1n) is 5.63. The molecule has 0 aromatic carbocycles. The lowest BCUT2D eigenvalue weighted by atomic mass is 10.2. The van der Waals surface area contributed by atoms with Crippen LogP contribution in [-0.4, -0.2) is 23.6 Å². The average molecular weight is 315 g/mol. The summed E-state index contributed by atoms with van der Waals surface area (Å²) in [5.74, 6) is -1.21. The molecular formula is C11H11F6N3O. The van der Waals surface area contributed by atoms with Crippen molar-refractivity contribution < 1.29 is 31.1 Å². The molecule has 21 heavy (non-hydrogen) atoms. The summed E-state index contributed by atoms with van der Waals surface area (Å²) in [7, 11) is 0. The number of amidine groups is 1. The number of aromatic nitrogens is 1. The number of nitrogen functional groups attached to an aromatic ring is 1. The number of nitrogens with one attached hydrogen (secondary N) is 1. The standard InChI is InChI=1S/C11H11F6N3O/c12-10(13,14)4-1-5-21-9-6(8(18)19)2-3-7(20-9)11(15,16)17/h2-3H,1,4-5H2,(H3,18,19). The molecule has 1 aromatic heterocycles. The quantitative estimate of drug-likeness (QED) is 0.379. The van der Waals surface area contributed by atoms with E-state index in [4.69, 9.17) is 15.9 Å². The van der Waals surface area contributed by atoms with Gasteiger partial charge in [0, 0.05) is 6.42 Å². The van der Waals surface area contributed by atoms with Crippen molar-refractivity contribution in [1.82, 2.24) is 4.98 Å². The number of nitrogens with zero attached hydrogens (tertiary/aromatic N) is 1. The van der Waals surface area contributed by atoms with Crippen LogP contribution in [0.2, 0.25) is 0 Å². The third-order valence-corrected chi connectivity index (χ3v) is 2.28. The van der Waals surface area contributed by atoms with E-state index in [0.29, 0.717) is 6.07 Å². The summed E-state index contributed by atoms with van der Waals surface area (Å²) in [4.78, 5) is 3.15. The minimum absolute atomic E-state index is 0.213. The van der Waals surface area contributed by atoms with Gasteiger partial charge in [-0.25, -0.2) is 4.98 Å². The van der Waals surface area contributed by atoms with E-state index in [9.17, 15) is 26.3 Å². The van der Waals surface area contributed by atoms with E-state index in [1.807, 2.05) is 0 Å². The van der Waals surface area contributed by atoms with Crippen LogP contribution in [0, 0.1) is 5.41 Å². The fourth-order valence-corrected chi connectivity index (χ4v) is 1.35. The number of ether oxygens (including phenoxy) is 1. The van der Waals surface area contributed by atoms with Crippen molar-refractivity contribution in [2.24, 2.45) is 5.73 Å². The van der Waals surface area contributed by atoms with Gasteiger partial charge in [-0.15, -0.1) is 0 Å². The Hall–Kier alpha value is -2.00. The Morgan fingerprint density at radius 2 is 1.81 bits per heavy atom. The topological polar surface area (TPSA) is 72.0 Å². The predicted molar refractivity (Wildman–Crippen MR) is 61.0 cm³/mol. The number of hydrogen-bond acceptors (Lipinski definition) is 3. The molecule has 0 saturated carbocycles. The second-order valence-electron chi connectivity index (χ2n) is 4.03. The monoisotopic (exact) mass is 315 g/mol. The molecular weight excluding hydrogens is 304 g/mol. The first-order valence-corrected chi connectivity index (χ1v) is 5.63. The van der Waals surface area contributed by atoms with Crippen molar-refractivity contribution >= 4 is 5.84 Å². The smallest absolute Gasteiger partial charge is 0.433 e. The zero-order chi connectivity index (χ0) is 16.3. The van der Waals surface area contributed by atoms with E-state index in [0.717, 1.165) is 6.07 Å². The summed E-state index contributed by atoms with van der Waals surface area (Å²) < 4.78 is 78.1. The Labute approximate surface area is 115 Å². The van der Waals surface area contributed by atoms with Gasteiger partial charge >= 0.3 is 12.4 Å². The molecule has 4 nitrogen and oxygen atoms in total. The molecule has 0 fully saturated rings. The fourth-order valence-electron chi connectivity index (χ4n) is 1.35. The average Bonchev–Trinajstić information content (AvgIpc) is 2.32. The molecule has 0 aliphatic rings. The van der Waals surface area contributed by atoms with Gasteiger partial charge in [0.2, 0.25) is 5.88 Å². The first-order chi connectivity index (χ1) is 9.50. The van der Waals surface area contributed by atoms with Crippen LogP contribution >= 0.6 is 0 Å². The minimum Gasteiger partial charge on any atom is -0.477 e. The largest absolute Gasteiger partial charge is 0.477 e. The Balaban J connectivity index is 2.85. The normalized spacial score (nSPS) is 12.3. The number of rotatable bonds is 5. The van der Waals surface area contributed by atoms with Gasteiger partial charge in [0.15, 0.2) is 0 Å². The van der Waals surface area contributed by atoms with Crippen molar-refractivity contribution in [1.29, 1.82) is 5.41 Å². The van der Waals surface area contributed by atoms with Crippen LogP contribution in [0.5, 0.6) is 5.88 Å². The molecule has 0 radical (unpaired) electrons. The molecule has 0 amide bonds. The van der Waals surface area contributed by atoms with Crippen LogP contribution in [0.4, 0.5) is 26.3 Å². The SMILES string of the molecule is N=C(N)c1ccc(C(F)(F)F)nc1OCCCC(F)(F)F. The van der Waals surface area contributed by atoms with Crippen LogP contribution in [-0.2, 0) is 6.18 Å². The van der Waals surface area contributed by atoms with E-state index < -0.39 is 49.2 Å². The second kappa shape index (κ2) is 6.19. The van der Waals surface area contributed by atoms with Crippen LogP contribution < -0.4 is 10.5 Å². The molecule has 1 rings (SSSR count). The van der Waals surface area contributed by atoms with Crippen LogP contribution in [0.1, 0.15) is 24.1 Å². The minimum atomic E-state index is -4.74. The Kier molecular flexibility index (Phi) is 5.02. The van der Waals surface area contributed by atoms with Gasteiger partial charge < -0.3 is 10.5 Å². The first kappa shape index (κ1) is 17.1. The number of halogens is 6. The van der Waals surface area contributed by atoms with Crippen LogP contribution in [0.3, 0.4) is 0 Å². The number of nitrogens with two attached hydrogens (primary N) is 1. The van der Waals surface area contributed by atoms with Gasteiger partial charge in [-0.1, -0.05) is 0 Å². The van der Waals surface area contributed by atoms with Gasteiger partial charge in [0.25, 0.3) is 0 Å². The van der Waals surface area contributed by atoms with E-state index in [1.165, 1.54) is 0 Å². The molecule has 1 aromatic rings. The number of pyridine rings is 1. The molecule has 0 saturated heterocycles. The van der Waals surface area contributed by atoms with E-state index in [-0.39, 0.29) is 5.56 Å². The fraction of sp³-hybridized carbons (Fsp3) is 0.455. The number of hydrogen-bond donors (Lipinski definition) is 2. The molecule has 118 valence electrons. The number of alkyl halides is 6. The summed E-state index contributed by atoms with van der Waals surface area (Å²) in [6, 6.07) is 1.50. The van der Waals surface area contributed by atoms with E-state index in [2.05, 4.69) is 4.98 Å². The van der Waals surface area contributed by atoms with Gasteiger partial charge in [-0.05, 0) is 18.6 Å². The summed E-state index contributed by atoms with van der Waals surface area (Å²) >= 11 is 0. The van der Waals surface area contributed by atoms with Gasteiger partial charge in [0.05, 0.1) is 12.2 Å². The molecule has 0 unspecified atom stereocenters. The lowest BCUT2D eigenvalue weighted by Gasteiger charge is -2.13. The highest BCUT2D eigenvalue weighted by atomic mass is 19.4. The molecule has 10 heteroatoms. The van der Waals surface area contributed by atoms with Crippen molar-refractivity contribution in [3.05, 3.63) is 23.4 Å². The summed E-state index contributed by atoms with van der Waals surface area (Å²) in [5, 5.41) is 7.18. The Morgan fingerprint density at radius 3 is 2.29 bits per heavy atom. The summed E-state index contributed by atoms with van der Waals surface area (Å²) in [5.41, 5.74) is 3.66. The van der Waals surface area contributed by atoms with Crippen molar-refractivity contribution in [3.63, 3.8) is 0 Å². The maximum absolute atomic E-state index is 12.5. The van der Waals surface area contributed by atoms with E-state index in [1.54, 1.807) is 0 Å². The maximum Gasteiger partial charge on any atom is 0.433 e. The van der Waals surface area contributed by atoms with Gasteiger partial charge in [0.1, 0.15) is 11.5 Å². The molecule has 3 N–H and O–H groups in total. The lowest BCUT2D eigenvalue weighted by Crippen LogP contribution is -2.18. The van der Waals surface area contributed by atoms with Gasteiger partial charge in [-0.3, -0.25) is 5.41 Å². The lowest BCUT2D eigenvalue weighted by molar-refractivity contribution is -0.141. The zero-order valence-corrected chi connectivity index (χ0v) is 10.5. The molecule has 1 heterocycles. The highest BCUT2D eigenvalue weighted by Gasteiger charge is 2.33. The highest BCUT2D eigenvalue weighted by molar-refractivity contribution is 5.97. The molecule has 0 aliphatic heterocycles. The van der Waals surface area contributed by atoms with Crippen molar-refractivity contribution in [2.75, 3.05) is 6.61 Å². The molecule has 0 atom stereocenters. The van der Waals surface area contributed by atoms with Crippen molar-refractivity contribution in [2.45, 2.75) is 25.2 Å². The molecule has 0 aliphatic carbocycles. The second-order valence-corrected chi connectivity index (χ2v) is 4.03. The third-order valence-electron chi connectivity index (χ3n) is 2.28. The van der Waals surface area contributed by atoms with Crippen LogP contribution in [0.15, 0.2) is 12.1 Å². The molecule has 0 bridgehead atoms. The Bertz CT molecular complexity index is 512. The summed E-state index contributed by atoms with van der Waals surface area (Å²) in [6.07, 6.45) is -10.7. The van der Waals surface area contributed by atoms with E-state index >= 15 is 0 Å². The maximum atomic E-state index is 12.5.